The van der Waals surface area contributed by atoms with Gasteiger partial charge in [0, 0.05) is 11.4 Å². The van der Waals surface area contributed by atoms with Crippen LogP contribution in [0.1, 0.15) is 47.5 Å². The van der Waals surface area contributed by atoms with Gasteiger partial charge in [0.25, 0.3) is 0 Å². The van der Waals surface area contributed by atoms with Crippen molar-refractivity contribution in [2.24, 2.45) is 22.7 Å². The first kappa shape index (κ1) is 17.7. The van der Waals surface area contributed by atoms with Crippen LogP contribution in [0.4, 0.5) is 0 Å². The van der Waals surface area contributed by atoms with Gasteiger partial charge in [-0.05, 0) is 23.7 Å². The molecule has 18 heavy (non-hydrogen) atoms. The van der Waals surface area contributed by atoms with Crippen molar-refractivity contribution in [3.05, 3.63) is 18.6 Å². The third-order valence-corrected chi connectivity index (χ3v) is 4.20. The zero-order valence-electron chi connectivity index (χ0n) is 12.4. The Kier molecular flexibility index (Phi) is 5.68. The molecule has 2 unspecified atom stereocenters. The fourth-order valence-corrected chi connectivity index (χ4v) is 2.48. The molecule has 0 amide bonds. The minimum absolute atomic E-state index is 0. The number of carboxylic acid groups (broad SMARTS) is 1. The van der Waals surface area contributed by atoms with E-state index in [9.17, 15) is 9.90 Å². The van der Waals surface area contributed by atoms with E-state index in [0.717, 1.165) is 11.8 Å². The summed E-state index contributed by atoms with van der Waals surface area (Å²) in [6, 6.07) is 0. The van der Waals surface area contributed by atoms with Crippen molar-refractivity contribution in [3.63, 3.8) is 0 Å². The van der Waals surface area contributed by atoms with Crippen LogP contribution in [0.5, 0.6) is 0 Å². The van der Waals surface area contributed by atoms with Gasteiger partial charge in [0.05, 0.1) is 0 Å². The molecule has 0 N–H and O–H groups in total. The van der Waals surface area contributed by atoms with Crippen molar-refractivity contribution in [1.29, 1.82) is 0 Å². The Morgan fingerprint density at radius 3 is 2.06 bits per heavy atom. The van der Waals surface area contributed by atoms with E-state index < -0.39 is 11.4 Å². The second-order valence-electron chi connectivity index (χ2n) is 6.86. The molecular formula is C15H24O2Zn. The molecule has 0 aliphatic heterocycles. The van der Waals surface area contributed by atoms with Crippen LogP contribution in [0.3, 0.4) is 0 Å². The first-order chi connectivity index (χ1) is 7.56. The molecule has 0 heterocycles. The maximum Gasteiger partial charge on any atom is 2.00 e. The summed E-state index contributed by atoms with van der Waals surface area (Å²) in [5.41, 5.74) is 1.28. The second kappa shape index (κ2) is 5.78. The Morgan fingerprint density at radius 2 is 1.89 bits per heavy atom. The number of aliphatic carboxylic acids is 1. The molecule has 2 bridgehead atoms. The summed E-state index contributed by atoms with van der Waals surface area (Å²) < 4.78 is 0. The van der Waals surface area contributed by atoms with Gasteiger partial charge in [0.15, 0.2) is 0 Å². The third kappa shape index (κ3) is 3.60. The maximum absolute atomic E-state index is 9.91. The summed E-state index contributed by atoms with van der Waals surface area (Å²) in [4.78, 5) is 9.91. The van der Waals surface area contributed by atoms with Gasteiger partial charge >= 0.3 is 19.5 Å². The van der Waals surface area contributed by atoms with E-state index in [4.69, 9.17) is 0 Å². The third-order valence-electron chi connectivity index (χ3n) is 4.20. The fourth-order valence-electron chi connectivity index (χ4n) is 2.48. The summed E-state index contributed by atoms with van der Waals surface area (Å²) in [6.45, 7) is 13.6. The van der Waals surface area contributed by atoms with Gasteiger partial charge in [-0.1, -0.05) is 41.0 Å². The number of fused-ring (bicyclic) bond motifs is 1. The molecule has 3 rings (SSSR count). The number of allylic oxidation sites excluding steroid dienone is 2. The normalized spacial score (nSPS) is 27.7. The minimum atomic E-state index is -1.01. The summed E-state index contributed by atoms with van der Waals surface area (Å²) in [6.07, 6.45) is 5.01. The first-order valence-electron chi connectivity index (χ1n) is 6.30. The number of hydrogen-bond acceptors (Lipinski definition) is 2. The van der Waals surface area contributed by atoms with Crippen molar-refractivity contribution >= 4 is 5.97 Å². The summed E-state index contributed by atoms with van der Waals surface area (Å²) in [5.74, 6) is 0.766. The molecule has 0 aromatic heterocycles. The van der Waals surface area contributed by atoms with E-state index in [1.807, 2.05) is 0 Å². The van der Waals surface area contributed by atoms with E-state index in [1.165, 1.54) is 18.4 Å². The summed E-state index contributed by atoms with van der Waals surface area (Å²) >= 11 is 0. The van der Waals surface area contributed by atoms with Gasteiger partial charge < -0.3 is 9.90 Å². The molecule has 98 valence electrons. The Morgan fingerprint density at radius 1 is 1.44 bits per heavy atom. The molecule has 2 atom stereocenters. The smallest absolute Gasteiger partial charge is 0.550 e. The van der Waals surface area contributed by atoms with Crippen molar-refractivity contribution in [3.8, 4) is 0 Å². The number of carbonyl (C=O) groups is 1. The topological polar surface area (TPSA) is 40.1 Å². The standard InChI is InChI=1S/C10H15.C5H10O2.Zn/c1-7-4-5-8-6-9(7)10(8,2)3;1-5(2,3)4(6)7;/h4,8-9H,1,5-6H2,2-3H3;1-3H3,(H,6,7);/q-1;;+2/p-1. The molecule has 0 aromatic rings. The van der Waals surface area contributed by atoms with Gasteiger partial charge in [-0.2, -0.15) is 0 Å². The first-order valence-corrected chi connectivity index (χ1v) is 6.30. The number of carboxylic acids is 1. The Bertz CT molecular complexity index is 337. The quantitative estimate of drug-likeness (QED) is 0.510. The number of carbonyl (C=O) groups excluding carboxylic acids is 1. The average molecular weight is 302 g/mol. The van der Waals surface area contributed by atoms with Crippen LogP contribution in [0.15, 0.2) is 11.6 Å². The molecule has 2 nitrogen and oxygen atoms in total. The van der Waals surface area contributed by atoms with Gasteiger partial charge in [-0.15, -0.1) is 0 Å². The van der Waals surface area contributed by atoms with Gasteiger partial charge in [0.1, 0.15) is 0 Å². The zero-order chi connectivity index (χ0) is 13.4. The van der Waals surface area contributed by atoms with Crippen LogP contribution in [0.25, 0.3) is 0 Å². The van der Waals surface area contributed by atoms with Crippen molar-refractivity contribution in [1.82, 2.24) is 0 Å². The molecule has 1 saturated carbocycles. The Labute approximate surface area is 124 Å². The van der Waals surface area contributed by atoms with Gasteiger partial charge in [0.2, 0.25) is 0 Å². The largest absolute Gasteiger partial charge is 2.00 e. The minimum Gasteiger partial charge on any atom is -0.550 e. The SMILES string of the molecule is CC(C)(C)C(=O)[O-].[CH2-]C1=CCC2CC1C2(C)C.[Zn+2]. The van der Waals surface area contributed by atoms with Crippen LogP contribution in [-0.4, -0.2) is 5.97 Å². The fraction of sp³-hybridized carbons (Fsp3) is 0.733. The van der Waals surface area contributed by atoms with Crippen molar-refractivity contribution in [2.45, 2.75) is 47.5 Å². The molecule has 3 aliphatic carbocycles. The molecule has 0 spiro atoms. The Hall–Kier alpha value is -0.297. The zero-order valence-corrected chi connectivity index (χ0v) is 15.3. The van der Waals surface area contributed by atoms with E-state index in [0.29, 0.717) is 5.41 Å². The number of rotatable bonds is 0. The molecule has 0 radical (unpaired) electrons. The van der Waals surface area contributed by atoms with Crippen molar-refractivity contribution in [2.75, 3.05) is 0 Å². The molecular weight excluding hydrogens is 278 g/mol. The van der Waals surface area contributed by atoms with Gasteiger partial charge in [-0.3, -0.25) is 0 Å². The van der Waals surface area contributed by atoms with Crippen LogP contribution in [-0.2, 0) is 24.3 Å². The van der Waals surface area contributed by atoms with E-state index >= 15 is 0 Å². The van der Waals surface area contributed by atoms with Gasteiger partial charge in [-0.25, -0.2) is 18.6 Å². The second-order valence-corrected chi connectivity index (χ2v) is 6.86. The summed E-state index contributed by atoms with van der Waals surface area (Å²) in [5, 5.41) is 9.91. The maximum atomic E-state index is 9.91. The van der Waals surface area contributed by atoms with Crippen LogP contribution >= 0.6 is 0 Å². The van der Waals surface area contributed by atoms with Crippen LogP contribution < -0.4 is 5.11 Å². The van der Waals surface area contributed by atoms with Crippen LogP contribution in [0.2, 0.25) is 0 Å². The molecule has 0 aromatic carbocycles. The average Bonchev–Trinajstić information content (AvgIpc) is 2.16. The molecule has 0 saturated heterocycles. The summed E-state index contributed by atoms with van der Waals surface area (Å²) in [7, 11) is 0. The number of hydrogen-bond donors (Lipinski definition) is 0. The van der Waals surface area contributed by atoms with Crippen molar-refractivity contribution < 1.29 is 29.4 Å². The van der Waals surface area contributed by atoms with E-state index in [2.05, 4.69) is 26.8 Å². The Balaban J connectivity index is 0.000000326. The van der Waals surface area contributed by atoms with E-state index in [-0.39, 0.29) is 19.5 Å². The van der Waals surface area contributed by atoms with E-state index in [1.54, 1.807) is 20.8 Å². The predicted molar refractivity (Wildman–Crippen MR) is 67.9 cm³/mol. The van der Waals surface area contributed by atoms with Crippen LogP contribution in [0, 0.1) is 29.6 Å². The predicted octanol–water partition coefficient (Wildman–Crippen LogP) is 2.59. The molecule has 3 heteroatoms. The molecule has 3 aliphatic rings. The monoisotopic (exact) mass is 300 g/mol. The molecule has 1 fully saturated rings.